The van der Waals surface area contributed by atoms with Crippen LogP contribution in [0.4, 0.5) is 11.5 Å². The van der Waals surface area contributed by atoms with E-state index in [-0.39, 0.29) is 0 Å². The number of anilines is 2. The average Bonchev–Trinajstić information content (AvgIpc) is 2.87. The fourth-order valence-corrected chi connectivity index (χ4v) is 2.34. The molecule has 0 saturated heterocycles. The molecule has 4 heteroatoms. The topological polar surface area (TPSA) is 40.7 Å². The molecule has 0 amide bonds. The zero-order valence-corrected chi connectivity index (χ0v) is 11.3. The Morgan fingerprint density at radius 1 is 1.26 bits per heavy atom. The van der Waals surface area contributed by atoms with Crippen LogP contribution in [0.25, 0.3) is 10.9 Å². The number of pyridine rings is 1. The van der Waals surface area contributed by atoms with Crippen molar-refractivity contribution in [2.45, 2.75) is 13.3 Å². The molecule has 0 spiro atoms. The van der Waals surface area contributed by atoms with Crippen LogP contribution in [0.3, 0.4) is 0 Å². The molecule has 1 aromatic carbocycles. The second-order valence-electron chi connectivity index (χ2n) is 4.38. The summed E-state index contributed by atoms with van der Waals surface area (Å²) in [6.07, 6.45) is 2.83. The molecule has 3 aromatic rings. The van der Waals surface area contributed by atoms with Crippen LogP contribution in [0.2, 0.25) is 5.02 Å². The lowest BCUT2D eigenvalue weighted by Crippen LogP contribution is -1.96. The third kappa shape index (κ3) is 2.42. The lowest BCUT2D eigenvalue weighted by Gasteiger charge is -2.09. The summed E-state index contributed by atoms with van der Waals surface area (Å²) in [7, 11) is 0. The van der Waals surface area contributed by atoms with Gasteiger partial charge in [-0.25, -0.2) is 4.98 Å². The molecular weight excluding hydrogens is 258 g/mol. The van der Waals surface area contributed by atoms with E-state index in [1.54, 1.807) is 0 Å². The molecule has 19 heavy (non-hydrogen) atoms. The first kappa shape index (κ1) is 12.1. The van der Waals surface area contributed by atoms with Gasteiger partial charge in [-0.05, 0) is 36.8 Å². The molecular formula is C15H14ClN3. The number of aryl methyl sites for hydroxylation is 1. The third-order valence-corrected chi connectivity index (χ3v) is 3.28. The molecule has 0 aliphatic heterocycles. The van der Waals surface area contributed by atoms with E-state index in [1.807, 2.05) is 42.6 Å². The molecule has 3 rings (SSSR count). The number of benzene rings is 1. The largest absolute Gasteiger partial charge is 0.361 e. The maximum absolute atomic E-state index is 6.13. The van der Waals surface area contributed by atoms with E-state index in [0.29, 0.717) is 5.02 Å². The standard InChI is InChI=1S/C15H14ClN3/c1-2-11-4-3-5-15(18-11)19-14-9-10(16)8-13-12(14)6-7-17-13/h3-9,17H,2H2,1H3,(H,18,19). The molecule has 3 nitrogen and oxygen atoms in total. The molecule has 2 aromatic heterocycles. The van der Waals surface area contributed by atoms with Gasteiger partial charge in [-0.2, -0.15) is 0 Å². The summed E-state index contributed by atoms with van der Waals surface area (Å²) in [5.41, 5.74) is 3.04. The van der Waals surface area contributed by atoms with E-state index in [9.17, 15) is 0 Å². The molecule has 0 unspecified atom stereocenters. The Labute approximate surface area is 116 Å². The second-order valence-corrected chi connectivity index (χ2v) is 4.82. The Morgan fingerprint density at radius 3 is 3.00 bits per heavy atom. The highest BCUT2D eigenvalue weighted by Gasteiger charge is 2.05. The van der Waals surface area contributed by atoms with Crippen LogP contribution >= 0.6 is 11.6 Å². The van der Waals surface area contributed by atoms with Gasteiger partial charge in [0.15, 0.2) is 0 Å². The van der Waals surface area contributed by atoms with Gasteiger partial charge in [0.05, 0.1) is 5.69 Å². The highest BCUT2D eigenvalue weighted by molar-refractivity contribution is 6.31. The number of rotatable bonds is 3. The van der Waals surface area contributed by atoms with E-state index in [1.165, 1.54) is 0 Å². The maximum Gasteiger partial charge on any atom is 0.130 e. The number of halogens is 1. The first-order valence-corrected chi connectivity index (χ1v) is 6.63. The first-order chi connectivity index (χ1) is 9.26. The summed E-state index contributed by atoms with van der Waals surface area (Å²) >= 11 is 6.13. The van der Waals surface area contributed by atoms with Crippen LogP contribution < -0.4 is 5.32 Å². The summed E-state index contributed by atoms with van der Waals surface area (Å²) in [6, 6.07) is 11.8. The lowest BCUT2D eigenvalue weighted by molar-refractivity contribution is 1.04. The summed E-state index contributed by atoms with van der Waals surface area (Å²) in [4.78, 5) is 7.71. The number of nitrogens with zero attached hydrogens (tertiary/aromatic N) is 1. The molecule has 0 bridgehead atoms. The molecule has 0 fully saturated rings. The number of aromatic nitrogens is 2. The van der Waals surface area contributed by atoms with Gasteiger partial charge in [-0.1, -0.05) is 24.6 Å². The Bertz CT molecular complexity index is 718. The first-order valence-electron chi connectivity index (χ1n) is 6.26. The molecule has 2 heterocycles. The number of hydrogen-bond donors (Lipinski definition) is 2. The molecule has 2 N–H and O–H groups in total. The smallest absolute Gasteiger partial charge is 0.130 e. The summed E-state index contributed by atoms with van der Waals surface area (Å²) in [5.74, 6) is 0.837. The average molecular weight is 272 g/mol. The summed E-state index contributed by atoms with van der Waals surface area (Å²) in [5, 5.41) is 5.14. The number of aromatic amines is 1. The van der Waals surface area contributed by atoms with Gasteiger partial charge >= 0.3 is 0 Å². The van der Waals surface area contributed by atoms with Crippen molar-refractivity contribution >= 4 is 34.0 Å². The molecule has 96 valence electrons. The van der Waals surface area contributed by atoms with Gasteiger partial charge < -0.3 is 10.3 Å². The van der Waals surface area contributed by atoms with Crippen molar-refractivity contribution in [3.63, 3.8) is 0 Å². The van der Waals surface area contributed by atoms with Gasteiger partial charge in [-0.3, -0.25) is 0 Å². The fourth-order valence-electron chi connectivity index (χ4n) is 2.12. The van der Waals surface area contributed by atoms with Gasteiger partial charge in [0.2, 0.25) is 0 Å². The Balaban J connectivity index is 2.02. The van der Waals surface area contributed by atoms with Gasteiger partial charge in [0.25, 0.3) is 0 Å². The fraction of sp³-hybridized carbons (Fsp3) is 0.133. The minimum absolute atomic E-state index is 0.698. The minimum atomic E-state index is 0.698. The van der Waals surface area contributed by atoms with Crippen LogP contribution in [0.5, 0.6) is 0 Å². The Hall–Kier alpha value is -2.00. The lowest BCUT2D eigenvalue weighted by atomic mass is 10.2. The number of hydrogen-bond acceptors (Lipinski definition) is 2. The van der Waals surface area contributed by atoms with Crippen molar-refractivity contribution in [1.29, 1.82) is 0 Å². The van der Waals surface area contributed by atoms with E-state index in [2.05, 4.69) is 22.2 Å². The second kappa shape index (κ2) is 4.94. The minimum Gasteiger partial charge on any atom is -0.361 e. The van der Waals surface area contributed by atoms with Crippen LogP contribution in [-0.4, -0.2) is 9.97 Å². The van der Waals surface area contributed by atoms with E-state index >= 15 is 0 Å². The van der Waals surface area contributed by atoms with Crippen LogP contribution in [0.15, 0.2) is 42.6 Å². The van der Waals surface area contributed by atoms with E-state index in [4.69, 9.17) is 11.6 Å². The molecule has 0 radical (unpaired) electrons. The van der Waals surface area contributed by atoms with Crippen LogP contribution in [-0.2, 0) is 6.42 Å². The van der Waals surface area contributed by atoms with Crippen molar-refractivity contribution in [3.05, 3.63) is 53.3 Å². The number of nitrogens with one attached hydrogen (secondary N) is 2. The predicted octanol–water partition coefficient (Wildman–Crippen LogP) is 4.52. The predicted molar refractivity (Wildman–Crippen MR) is 80.2 cm³/mol. The third-order valence-electron chi connectivity index (χ3n) is 3.07. The summed E-state index contributed by atoms with van der Waals surface area (Å²) < 4.78 is 0. The van der Waals surface area contributed by atoms with Crippen LogP contribution in [0.1, 0.15) is 12.6 Å². The maximum atomic E-state index is 6.13. The normalized spacial score (nSPS) is 10.8. The van der Waals surface area contributed by atoms with E-state index < -0.39 is 0 Å². The highest BCUT2D eigenvalue weighted by atomic mass is 35.5. The van der Waals surface area contributed by atoms with Crippen molar-refractivity contribution in [2.24, 2.45) is 0 Å². The Morgan fingerprint density at radius 2 is 2.16 bits per heavy atom. The van der Waals surface area contributed by atoms with Gasteiger partial charge in [0, 0.05) is 27.8 Å². The van der Waals surface area contributed by atoms with Gasteiger partial charge in [-0.15, -0.1) is 0 Å². The molecule has 0 aliphatic carbocycles. The monoisotopic (exact) mass is 271 g/mol. The van der Waals surface area contributed by atoms with Gasteiger partial charge in [0.1, 0.15) is 5.82 Å². The summed E-state index contributed by atoms with van der Waals surface area (Å²) in [6.45, 7) is 2.09. The highest BCUT2D eigenvalue weighted by Crippen LogP contribution is 2.29. The van der Waals surface area contributed by atoms with Crippen LogP contribution in [0, 0.1) is 0 Å². The quantitative estimate of drug-likeness (QED) is 0.735. The molecule has 0 saturated carbocycles. The zero-order valence-electron chi connectivity index (χ0n) is 10.6. The molecule has 0 atom stereocenters. The molecule has 0 aliphatic rings. The van der Waals surface area contributed by atoms with Crippen molar-refractivity contribution in [3.8, 4) is 0 Å². The zero-order chi connectivity index (χ0) is 13.2. The van der Waals surface area contributed by atoms with Crippen molar-refractivity contribution in [1.82, 2.24) is 9.97 Å². The van der Waals surface area contributed by atoms with Crippen molar-refractivity contribution in [2.75, 3.05) is 5.32 Å². The number of H-pyrrole nitrogens is 1. The Kier molecular flexibility index (Phi) is 3.13. The van der Waals surface area contributed by atoms with E-state index in [0.717, 1.165) is 34.5 Å². The van der Waals surface area contributed by atoms with Crippen molar-refractivity contribution < 1.29 is 0 Å². The SMILES string of the molecule is CCc1cccc(Nc2cc(Cl)cc3[nH]ccc23)n1. The number of fused-ring (bicyclic) bond motifs is 1.